The van der Waals surface area contributed by atoms with Gasteiger partial charge in [-0.05, 0) is 55.8 Å². The average molecular weight is 363 g/mol. The molecule has 0 fully saturated rings. The first kappa shape index (κ1) is 17.7. The van der Waals surface area contributed by atoms with Crippen LogP contribution in [0.25, 0.3) is 21.9 Å². The third kappa shape index (κ3) is 2.81. The fraction of sp³-hybridized carbons (Fsp3) is 0.304. The van der Waals surface area contributed by atoms with Gasteiger partial charge in [0.05, 0.1) is 12.5 Å². The second kappa shape index (κ2) is 6.46. The highest BCUT2D eigenvalue weighted by Gasteiger charge is 2.26. The number of fused-ring (bicyclic) bond motifs is 2. The molecule has 27 heavy (non-hydrogen) atoms. The highest BCUT2D eigenvalue weighted by atomic mass is 16.5. The van der Waals surface area contributed by atoms with Crippen LogP contribution >= 0.6 is 0 Å². The summed E-state index contributed by atoms with van der Waals surface area (Å²) < 4.78 is 5.50. The zero-order chi connectivity index (χ0) is 19.3. The monoisotopic (exact) mass is 363 g/mol. The number of methoxy groups -OCH3 is 1. The molecular weight excluding hydrogens is 338 g/mol. The lowest BCUT2D eigenvalue weighted by Crippen LogP contribution is -2.35. The van der Waals surface area contributed by atoms with Crippen LogP contribution in [0.1, 0.15) is 36.6 Å². The Balaban J connectivity index is 1.95. The van der Waals surface area contributed by atoms with Crippen molar-refractivity contribution in [1.82, 2.24) is 5.32 Å². The van der Waals surface area contributed by atoms with Crippen molar-refractivity contribution in [3.63, 3.8) is 0 Å². The summed E-state index contributed by atoms with van der Waals surface area (Å²) >= 11 is 0. The number of hydrogen-bond donors (Lipinski definition) is 3. The molecule has 0 saturated heterocycles. The molecule has 2 atom stereocenters. The highest BCUT2D eigenvalue weighted by Crippen LogP contribution is 2.46. The molecule has 3 aromatic rings. The summed E-state index contributed by atoms with van der Waals surface area (Å²) in [7, 11) is 1.60. The van der Waals surface area contributed by atoms with Crippen molar-refractivity contribution in [3.05, 3.63) is 53.1 Å². The van der Waals surface area contributed by atoms with E-state index in [-0.39, 0.29) is 17.5 Å². The predicted molar refractivity (Wildman–Crippen MR) is 109 cm³/mol. The van der Waals surface area contributed by atoms with Gasteiger partial charge in [0.1, 0.15) is 17.2 Å². The molecule has 4 rings (SSSR count). The lowest BCUT2D eigenvalue weighted by molar-refractivity contribution is 0.409. The normalized spacial score (nSPS) is 19.1. The first-order valence-electron chi connectivity index (χ1n) is 9.32. The van der Waals surface area contributed by atoms with Crippen molar-refractivity contribution in [2.45, 2.75) is 39.3 Å². The van der Waals surface area contributed by atoms with Crippen LogP contribution in [0.15, 0.2) is 36.4 Å². The Morgan fingerprint density at radius 3 is 2.44 bits per heavy atom. The predicted octanol–water partition coefficient (Wildman–Crippen LogP) is 4.83. The smallest absolute Gasteiger partial charge is 0.135 e. The average Bonchev–Trinajstić information content (AvgIpc) is 2.61. The number of phenols is 2. The number of nitrogens with one attached hydrogen (secondary N) is 1. The van der Waals surface area contributed by atoms with Gasteiger partial charge in [-0.1, -0.05) is 24.3 Å². The molecule has 4 heteroatoms. The van der Waals surface area contributed by atoms with Gasteiger partial charge in [-0.2, -0.15) is 0 Å². The maximum atomic E-state index is 11.0. The Morgan fingerprint density at radius 1 is 1.00 bits per heavy atom. The molecule has 1 aliphatic heterocycles. The van der Waals surface area contributed by atoms with Crippen molar-refractivity contribution < 1.29 is 14.9 Å². The second-order valence-electron chi connectivity index (χ2n) is 7.56. The van der Waals surface area contributed by atoms with Crippen LogP contribution in [0.2, 0.25) is 0 Å². The standard InChI is InChI=1S/C23H25NO3/c1-12-9-15-5-7-18(23(26)21(15)19(10-12)27-4)17-8-6-16-11-13(2)24-14(3)20(16)22(17)25/h5-10,13-14,24-26H,11H2,1-4H3/t13-,14-/m1/s1. The number of hydrogen-bond acceptors (Lipinski definition) is 4. The van der Waals surface area contributed by atoms with Gasteiger partial charge < -0.3 is 20.3 Å². The van der Waals surface area contributed by atoms with Gasteiger partial charge >= 0.3 is 0 Å². The lowest BCUT2D eigenvalue weighted by Gasteiger charge is -2.30. The van der Waals surface area contributed by atoms with Crippen molar-refractivity contribution in [2.75, 3.05) is 7.11 Å². The minimum absolute atomic E-state index is 0.0588. The van der Waals surface area contributed by atoms with Crippen LogP contribution in [0, 0.1) is 6.92 Å². The van der Waals surface area contributed by atoms with E-state index in [0.717, 1.165) is 28.5 Å². The van der Waals surface area contributed by atoms with Crippen LogP contribution < -0.4 is 10.1 Å². The summed E-state index contributed by atoms with van der Waals surface area (Å²) in [5.41, 5.74) is 4.39. The molecule has 0 bridgehead atoms. The quantitative estimate of drug-likeness (QED) is 0.610. The maximum absolute atomic E-state index is 11.0. The van der Waals surface area contributed by atoms with Crippen LogP contribution in [0.4, 0.5) is 0 Å². The fourth-order valence-corrected chi connectivity index (χ4v) is 4.36. The van der Waals surface area contributed by atoms with Crippen molar-refractivity contribution >= 4 is 10.8 Å². The number of aromatic hydroxyl groups is 2. The number of benzene rings is 3. The summed E-state index contributed by atoms with van der Waals surface area (Å²) in [5.74, 6) is 0.996. The van der Waals surface area contributed by atoms with E-state index in [1.165, 1.54) is 0 Å². The first-order chi connectivity index (χ1) is 12.9. The van der Waals surface area contributed by atoms with Crippen LogP contribution in [-0.2, 0) is 6.42 Å². The van der Waals surface area contributed by atoms with Crippen LogP contribution in [0.3, 0.4) is 0 Å². The summed E-state index contributed by atoms with van der Waals surface area (Å²) in [6.45, 7) is 6.20. The molecule has 0 spiro atoms. The largest absolute Gasteiger partial charge is 0.507 e. The van der Waals surface area contributed by atoms with Crippen molar-refractivity contribution in [1.29, 1.82) is 0 Å². The fourth-order valence-electron chi connectivity index (χ4n) is 4.36. The molecule has 0 radical (unpaired) electrons. The molecule has 1 aliphatic rings. The van der Waals surface area contributed by atoms with Gasteiger partial charge in [0.15, 0.2) is 0 Å². The Hall–Kier alpha value is -2.72. The molecular formula is C23H25NO3. The minimum atomic E-state index is 0.0588. The molecule has 0 saturated carbocycles. The minimum Gasteiger partial charge on any atom is -0.507 e. The van der Waals surface area contributed by atoms with E-state index < -0.39 is 0 Å². The number of rotatable bonds is 2. The van der Waals surface area contributed by atoms with E-state index in [4.69, 9.17) is 4.74 Å². The summed E-state index contributed by atoms with van der Waals surface area (Å²) in [6.07, 6.45) is 0.879. The summed E-state index contributed by atoms with van der Waals surface area (Å²) in [5, 5.41) is 27.1. The molecule has 0 aliphatic carbocycles. The van der Waals surface area contributed by atoms with E-state index >= 15 is 0 Å². The molecule has 3 N–H and O–H groups in total. The molecule has 3 aromatic carbocycles. The molecule has 1 heterocycles. The van der Waals surface area contributed by atoms with Gasteiger partial charge in [-0.25, -0.2) is 0 Å². The van der Waals surface area contributed by atoms with Crippen LogP contribution in [0.5, 0.6) is 17.2 Å². The van der Waals surface area contributed by atoms with E-state index in [1.807, 2.05) is 37.3 Å². The van der Waals surface area contributed by atoms with Crippen LogP contribution in [-0.4, -0.2) is 23.4 Å². The molecule has 140 valence electrons. The Morgan fingerprint density at radius 2 is 1.70 bits per heavy atom. The van der Waals surface area contributed by atoms with Gasteiger partial charge in [-0.15, -0.1) is 0 Å². The van der Waals surface area contributed by atoms with Gasteiger partial charge in [0, 0.05) is 28.8 Å². The zero-order valence-corrected chi connectivity index (χ0v) is 16.1. The topological polar surface area (TPSA) is 61.7 Å². The molecule has 0 aromatic heterocycles. The molecule has 4 nitrogen and oxygen atoms in total. The Bertz CT molecular complexity index is 1040. The number of aryl methyl sites for hydroxylation is 1. The van der Waals surface area contributed by atoms with E-state index in [9.17, 15) is 10.2 Å². The van der Waals surface area contributed by atoms with Crippen molar-refractivity contribution in [2.24, 2.45) is 0 Å². The lowest BCUT2D eigenvalue weighted by atomic mass is 9.87. The number of ether oxygens (including phenoxy) is 1. The first-order valence-corrected chi connectivity index (χ1v) is 9.32. The maximum Gasteiger partial charge on any atom is 0.135 e. The molecule has 0 unspecified atom stereocenters. The SMILES string of the molecule is COc1cc(C)cc2ccc(-c3ccc4c(c3O)[C@@H](C)N[C@H](C)C4)c(O)c12. The Labute approximate surface area is 159 Å². The highest BCUT2D eigenvalue weighted by molar-refractivity contribution is 6.00. The second-order valence-corrected chi connectivity index (χ2v) is 7.56. The molecule has 0 amide bonds. The van der Waals surface area contributed by atoms with Gasteiger partial charge in [-0.3, -0.25) is 0 Å². The van der Waals surface area contributed by atoms with Crippen molar-refractivity contribution in [3.8, 4) is 28.4 Å². The Kier molecular flexibility index (Phi) is 4.23. The third-order valence-corrected chi connectivity index (χ3v) is 5.51. The number of phenolic OH excluding ortho intramolecular Hbond substituents is 2. The summed E-state index contributed by atoms with van der Waals surface area (Å²) in [6, 6.07) is 12.1. The van der Waals surface area contributed by atoms with Gasteiger partial charge in [0.25, 0.3) is 0 Å². The van der Waals surface area contributed by atoms with E-state index in [0.29, 0.717) is 28.3 Å². The van der Waals surface area contributed by atoms with Gasteiger partial charge in [0.2, 0.25) is 0 Å². The third-order valence-electron chi connectivity index (χ3n) is 5.51. The van der Waals surface area contributed by atoms with E-state index in [2.05, 4.69) is 25.2 Å². The zero-order valence-electron chi connectivity index (χ0n) is 16.1. The van der Waals surface area contributed by atoms with E-state index in [1.54, 1.807) is 7.11 Å². The summed E-state index contributed by atoms with van der Waals surface area (Å²) in [4.78, 5) is 0.